The first kappa shape index (κ1) is 14.9. The van der Waals surface area contributed by atoms with E-state index in [-0.39, 0.29) is 17.0 Å². The molecule has 0 aliphatic rings. The first-order valence-corrected chi connectivity index (χ1v) is 5.71. The number of ether oxygens (including phenoxy) is 1. The molecule has 0 spiro atoms. The predicted octanol–water partition coefficient (Wildman–Crippen LogP) is 1.62. The zero-order chi connectivity index (χ0) is 14.4. The second-order valence-electron chi connectivity index (χ2n) is 4.25. The monoisotopic (exact) mass is 268 g/mol. The number of carboxylic acid groups (broad SMARTS) is 1. The van der Waals surface area contributed by atoms with Gasteiger partial charge in [-0.3, -0.25) is 10.1 Å². The molecule has 0 bridgehead atoms. The summed E-state index contributed by atoms with van der Waals surface area (Å²) in [6.45, 7) is 1.15. The zero-order valence-corrected chi connectivity index (χ0v) is 10.8. The molecule has 0 unspecified atom stereocenters. The number of nitrogens with zero attached hydrogens (tertiary/aromatic N) is 2. The van der Waals surface area contributed by atoms with Gasteiger partial charge in [-0.05, 0) is 32.6 Å². The summed E-state index contributed by atoms with van der Waals surface area (Å²) in [5.74, 6) is -1.11. The Hall–Kier alpha value is -2.15. The summed E-state index contributed by atoms with van der Waals surface area (Å²) in [5.41, 5.74) is -0.461. The Bertz CT molecular complexity index is 473. The molecule has 0 aliphatic carbocycles. The van der Waals surface area contributed by atoms with E-state index < -0.39 is 10.9 Å². The van der Waals surface area contributed by atoms with Crippen LogP contribution in [0.1, 0.15) is 16.8 Å². The molecule has 0 aliphatic heterocycles. The molecular formula is C12H16N2O5. The summed E-state index contributed by atoms with van der Waals surface area (Å²) in [6, 6.07) is 3.61. The van der Waals surface area contributed by atoms with Crippen molar-refractivity contribution >= 4 is 11.7 Å². The molecule has 1 rings (SSSR count). The number of carboxylic acids is 1. The summed E-state index contributed by atoms with van der Waals surface area (Å²) in [7, 11) is 3.84. The molecule has 7 heteroatoms. The van der Waals surface area contributed by atoms with Gasteiger partial charge in [0.1, 0.15) is 0 Å². The Morgan fingerprint density at radius 1 is 1.47 bits per heavy atom. The molecular weight excluding hydrogens is 252 g/mol. The van der Waals surface area contributed by atoms with Crippen molar-refractivity contribution in [3.63, 3.8) is 0 Å². The van der Waals surface area contributed by atoms with Crippen LogP contribution in [0.5, 0.6) is 5.75 Å². The van der Waals surface area contributed by atoms with E-state index in [1.807, 2.05) is 19.0 Å². The van der Waals surface area contributed by atoms with Crippen LogP contribution in [0.4, 0.5) is 5.69 Å². The number of hydrogen-bond acceptors (Lipinski definition) is 5. The maximum Gasteiger partial charge on any atom is 0.335 e. The highest BCUT2D eigenvalue weighted by molar-refractivity contribution is 5.88. The van der Waals surface area contributed by atoms with Gasteiger partial charge in [0.15, 0.2) is 5.75 Å². The van der Waals surface area contributed by atoms with Crippen molar-refractivity contribution in [3.05, 3.63) is 33.9 Å². The van der Waals surface area contributed by atoms with Crippen LogP contribution in [0, 0.1) is 10.1 Å². The molecule has 0 saturated heterocycles. The van der Waals surface area contributed by atoms with Gasteiger partial charge in [0.05, 0.1) is 17.1 Å². The second kappa shape index (κ2) is 6.69. The lowest BCUT2D eigenvalue weighted by atomic mass is 10.2. The van der Waals surface area contributed by atoms with E-state index >= 15 is 0 Å². The molecule has 0 radical (unpaired) electrons. The third kappa shape index (κ3) is 4.55. The van der Waals surface area contributed by atoms with Crippen LogP contribution in [0.15, 0.2) is 18.2 Å². The van der Waals surface area contributed by atoms with E-state index in [1.54, 1.807) is 0 Å². The topological polar surface area (TPSA) is 92.9 Å². The van der Waals surface area contributed by atoms with Crippen molar-refractivity contribution in [1.29, 1.82) is 0 Å². The van der Waals surface area contributed by atoms with Crippen LogP contribution < -0.4 is 4.74 Å². The van der Waals surface area contributed by atoms with Gasteiger partial charge in [-0.25, -0.2) is 4.79 Å². The average Bonchev–Trinajstić information content (AvgIpc) is 2.34. The summed E-state index contributed by atoms with van der Waals surface area (Å²) >= 11 is 0. The van der Waals surface area contributed by atoms with E-state index in [4.69, 9.17) is 9.84 Å². The molecule has 104 valence electrons. The minimum Gasteiger partial charge on any atom is -0.487 e. The van der Waals surface area contributed by atoms with Gasteiger partial charge in [-0.1, -0.05) is 0 Å². The first-order chi connectivity index (χ1) is 8.91. The molecule has 1 aromatic carbocycles. The number of aromatic carboxylic acids is 1. The zero-order valence-electron chi connectivity index (χ0n) is 10.8. The first-order valence-electron chi connectivity index (χ1n) is 5.71. The molecule has 0 amide bonds. The maximum atomic E-state index is 10.9. The van der Waals surface area contributed by atoms with Gasteiger partial charge in [0, 0.05) is 12.6 Å². The van der Waals surface area contributed by atoms with E-state index in [2.05, 4.69) is 0 Å². The Labute approximate surface area is 110 Å². The number of benzene rings is 1. The summed E-state index contributed by atoms with van der Waals surface area (Å²) in [4.78, 5) is 22.9. The molecule has 0 aromatic heterocycles. The minimum atomic E-state index is -1.21. The number of rotatable bonds is 7. The van der Waals surface area contributed by atoms with Crippen molar-refractivity contribution in [1.82, 2.24) is 4.90 Å². The van der Waals surface area contributed by atoms with E-state index in [9.17, 15) is 14.9 Å². The Morgan fingerprint density at radius 2 is 2.16 bits per heavy atom. The molecule has 1 N–H and O–H groups in total. The highest BCUT2D eigenvalue weighted by Crippen LogP contribution is 2.28. The maximum absolute atomic E-state index is 10.9. The second-order valence-corrected chi connectivity index (χ2v) is 4.25. The lowest BCUT2D eigenvalue weighted by Crippen LogP contribution is -2.15. The number of carbonyl (C=O) groups is 1. The Morgan fingerprint density at radius 3 is 2.68 bits per heavy atom. The smallest absolute Gasteiger partial charge is 0.335 e. The third-order valence-corrected chi connectivity index (χ3v) is 2.41. The summed E-state index contributed by atoms with van der Waals surface area (Å²) in [6.07, 6.45) is 0.727. The third-order valence-electron chi connectivity index (χ3n) is 2.41. The van der Waals surface area contributed by atoms with Gasteiger partial charge in [0.25, 0.3) is 0 Å². The van der Waals surface area contributed by atoms with Crippen molar-refractivity contribution in [3.8, 4) is 5.75 Å². The van der Waals surface area contributed by atoms with Crippen molar-refractivity contribution < 1.29 is 19.6 Å². The van der Waals surface area contributed by atoms with E-state index in [0.29, 0.717) is 6.61 Å². The van der Waals surface area contributed by atoms with Crippen molar-refractivity contribution in [2.75, 3.05) is 27.2 Å². The highest BCUT2D eigenvalue weighted by Gasteiger charge is 2.18. The van der Waals surface area contributed by atoms with Gasteiger partial charge < -0.3 is 14.7 Å². The summed E-state index contributed by atoms with van der Waals surface area (Å²) in [5, 5.41) is 19.7. The highest BCUT2D eigenvalue weighted by atomic mass is 16.6. The molecule has 0 saturated carbocycles. The minimum absolute atomic E-state index is 0.0914. The van der Waals surface area contributed by atoms with Crippen LogP contribution in [0.2, 0.25) is 0 Å². The standard InChI is InChI=1S/C12H16N2O5/c1-13(2)6-3-7-19-11-5-4-9(12(15)16)8-10(11)14(17)18/h4-5,8H,3,6-7H2,1-2H3,(H,15,16). The van der Waals surface area contributed by atoms with E-state index in [1.165, 1.54) is 12.1 Å². The largest absolute Gasteiger partial charge is 0.487 e. The van der Waals surface area contributed by atoms with Crippen molar-refractivity contribution in [2.45, 2.75) is 6.42 Å². The van der Waals surface area contributed by atoms with Crippen LogP contribution in [-0.2, 0) is 0 Å². The number of hydrogen-bond donors (Lipinski definition) is 1. The molecule has 7 nitrogen and oxygen atoms in total. The van der Waals surface area contributed by atoms with Crippen LogP contribution in [0.3, 0.4) is 0 Å². The van der Waals surface area contributed by atoms with Crippen LogP contribution >= 0.6 is 0 Å². The normalized spacial score (nSPS) is 10.5. The fourth-order valence-electron chi connectivity index (χ4n) is 1.48. The molecule has 0 atom stereocenters. The quantitative estimate of drug-likeness (QED) is 0.459. The average molecular weight is 268 g/mol. The molecule has 0 heterocycles. The van der Waals surface area contributed by atoms with Gasteiger partial charge in [-0.15, -0.1) is 0 Å². The fourth-order valence-corrected chi connectivity index (χ4v) is 1.48. The van der Waals surface area contributed by atoms with Crippen LogP contribution in [-0.4, -0.2) is 48.1 Å². The van der Waals surface area contributed by atoms with Crippen molar-refractivity contribution in [2.24, 2.45) is 0 Å². The predicted molar refractivity (Wildman–Crippen MR) is 68.7 cm³/mol. The fraction of sp³-hybridized carbons (Fsp3) is 0.417. The van der Waals surface area contributed by atoms with E-state index in [0.717, 1.165) is 19.0 Å². The molecule has 1 aromatic rings. The Kier molecular flexibility index (Phi) is 5.25. The molecule has 19 heavy (non-hydrogen) atoms. The number of nitro benzene ring substituents is 1. The van der Waals surface area contributed by atoms with Gasteiger partial charge >= 0.3 is 11.7 Å². The Balaban J connectivity index is 2.77. The lowest BCUT2D eigenvalue weighted by Gasteiger charge is -2.10. The van der Waals surface area contributed by atoms with Gasteiger partial charge in [-0.2, -0.15) is 0 Å². The SMILES string of the molecule is CN(C)CCCOc1ccc(C(=O)O)cc1[N+](=O)[O-]. The molecule has 0 fully saturated rings. The number of nitro groups is 1. The van der Waals surface area contributed by atoms with Gasteiger partial charge in [0.2, 0.25) is 0 Å². The lowest BCUT2D eigenvalue weighted by molar-refractivity contribution is -0.385. The summed E-state index contributed by atoms with van der Waals surface area (Å²) < 4.78 is 5.32. The van der Waals surface area contributed by atoms with Crippen LogP contribution in [0.25, 0.3) is 0 Å².